The molecule has 0 radical (unpaired) electrons. The van der Waals surface area contributed by atoms with Gasteiger partial charge < -0.3 is 4.42 Å². The molecule has 2 aromatic carbocycles. The highest BCUT2D eigenvalue weighted by molar-refractivity contribution is 7.99. The van der Waals surface area contributed by atoms with Gasteiger partial charge in [-0.1, -0.05) is 41.0 Å². The van der Waals surface area contributed by atoms with Crippen molar-refractivity contribution in [3.05, 3.63) is 63.9 Å². The smallest absolute Gasteiger partial charge is 0.277 e. The van der Waals surface area contributed by atoms with Gasteiger partial charge in [-0.2, -0.15) is 0 Å². The first kappa shape index (κ1) is 16.3. The Bertz CT molecular complexity index is 823. The molecule has 1 aromatic heterocycles. The first-order valence-electron chi connectivity index (χ1n) is 6.74. The predicted octanol–water partition coefficient (Wildman–Crippen LogP) is 6.04. The topological polar surface area (TPSA) is 38.9 Å². The Morgan fingerprint density at radius 1 is 1.09 bits per heavy atom. The second-order valence-electron chi connectivity index (χ2n) is 4.81. The Morgan fingerprint density at radius 2 is 1.83 bits per heavy atom. The normalized spacial score (nSPS) is 12.3. The first-order valence-corrected chi connectivity index (χ1v) is 8.37. The van der Waals surface area contributed by atoms with Crippen LogP contribution in [0, 0.1) is 5.82 Å². The van der Waals surface area contributed by atoms with Crippen molar-refractivity contribution in [1.82, 2.24) is 10.2 Å². The zero-order valence-electron chi connectivity index (χ0n) is 12.0. The predicted molar refractivity (Wildman–Crippen MR) is 90.4 cm³/mol. The Morgan fingerprint density at radius 3 is 2.52 bits per heavy atom. The summed E-state index contributed by atoms with van der Waals surface area (Å²) in [5.41, 5.74) is 1.68. The van der Waals surface area contributed by atoms with Gasteiger partial charge in [0.25, 0.3) is 5.22 Å². The van der Waals surface area contributed by atoms with Crippen molar-refractivity contribution in [2.75, 3.05) is 0 Å². The van der Waals surface area contributed by atoms with Crippen molar-refractivity contribution >= 4 is 35.0 Å². The van der Waals surface area contributed by atoms with Crippen LogP contribution in [0.15, 0.2) is 52.1 Å². The minimum atomic E-state index is -0.435. The highest BCUT2D eigenvalue weighted by Crippen LogP contribution is 2.36. The van der Waals surface area contributed by atoms with Crippen LogP contribution < -0.4 is 0 Å². The second kappa shape index (κ2) is 6.91. The lowest BCUT2D eigenvalue weighted by Crippen LogP contribution is -1.90. The van der Waals surface area contributed by atoms with Crippen LogP contribution in [0.4, 0.5) is 4.39 Å². The van der Waals surface area contributed by atoms with Crippen LogP contribution in [-0.2, 0) is 0 Å². The summed E-state index contributed by atoms with van der Waals surface area (Å²) in [7, 11) is 0. The number of halogens is 3. The van der Waals surface area contributed by atoms with Gasteiger partial charge in [0, 0.05) is 15.8 Å². The maximum Gasteiger partial charge on any atom is 0.277 e. The van der Waals surface area contributed by atoms with Crippen molar-refractivity contribution in [3.63, 3.8) is 0 Å². The average molecular weight is 369 g/mol. The SMILES string of the molecule is CC(Sc1nnc(-c2ccc(Cl)cc2)o1)c1ccc(F)c(Cl)c1. The van der Waals surface area contributed by atoms with Crippen LogP contribution in [0.5, 0.6) is 0 Å². The minimum absolute atomic E-state index is 0.00776. The van der Waals surface area contributed by atoms with E-state index in [9.17, 15) is 4.39 Å². The molecule has 3 aromatic rings. The van der Waals surface area contributed by atoms with Crippen molar-refractivity contribution in [3.8, 4) is 11.5 Å². The van der Waals surface area contributed by atoms with E-state index in [1.165, 1.54) is 17.8 Å². The van der Waals surface area contributed by atoms with E-state index < -0.39 is 5.82 Å². The van der Waals surface area contributed by atoms with Crippen molar-refractivity contribution in [2.24, 2.45) is 0 Å². The van der Waals surface area contributed by atoms with E-state index in [0.29, 0.717) is 16.1 Å². The monoisotopic (exact) mass is 368 g/mol. The van der Waals surface area contributed by atoms with Gasteiger partial charge in [0.1, 0.15) is 5.82 Å². The van der Waals surface area contributed by atoms with Gasteiger partial charge in [-0.05, 0) is 48.9 Å². The van der Waals surface area contributed by atoms with Crippen LogP contribution in [0.1, 0.15) is 17.7 Å². The fraction of sp³-hybridized carbons (Fsp3) is 0.125. The van der Waals surface area contributed by atoms with Crippen LogP contribution >= 0.6 is 35.0 Å². The molecule has 0 N–H and O–H groups in total. The highest BCUT2D eigenvalue weighted by atomic mass is 35.5. The number of hydrogen-bond acceptors (Lipinski definition) is 4. The van der Waals surface area contributed by atoms with E-state index in [2.05, 4.69) is 10.2 Å². The lowest BCUT2D eigenvalue weighted by molar-refractivity contribution is 0.465. The van der Waals surface area contributed by atoms with Gasteiger partial charge in [-0.25, -0.2) is 4.39 Å². The van der Waals surface area contributed by atoms with E-state index in [-0.39, 0.29) is 10.3 Å². The molecule has 1 unspecified atom stereocenters. The molecule has 118 valence electrons. The molecule has 0 amide bonds. The van der Waals surface area contributed by atoms with E-state index in [0.717, 1.165) is 11.1 Å². The molecule has 1 atom stereocenters. The molecule has 0 aliphatic heterocycles. The van der Waals surface area contributed by atoms with Crippen molar-refractivity contribution in [1.29, 1.82) is 0 Å². The third-order valence-corrected chi connectivity index (χ3v) is 4.72. The zero-order valence-corrected chi connectivity index (χ0v) is 14.3. The largest absolute Gasteiger partial charge is 0.411 e. The summed E-state index contributed by atoms with van der Waals surface area (Å²) in [6.45, 7) is 1.96. The number of rotatable bonds is 4. The van der Waals surface area contributed by atoms with Gasteiger partial charge in [-0.3, -0.25) is 0 Å². The fourth-order valence-corrected chi connectivity index (χ4v) is 3.07. The van der Waals surface area contributed by atoms with E-state index >= 15 is 0 Å². The fourth-order valence-electron chi connectivity index (χ4n) is 1.95. The number of hydrogen-bond donors (Lipinski definition) is 0. The molecule has 7 heteroatoms. The van der Waals surface area contributed by atoms with Crippen molar-refractivity contribution < 1.29 is 8.81 Å². The molecule has 0 saturated carbocycles. The third-order valence-electron chi connectivity index (χ3n) is 3.19. The number of aromatic nitrogens is 2. The molecule has 1 heterocycles. The molecule has 3 rings (SSSR count). The van der Waals surface area contributed by atoms with E-state index in [1.807, 2.05) is 19.1 Å². The van der Waals surface area contributed by atoms with Crippen LogP contribution in [-0.4, -0.2) is 10.2 Å². The minimum Gasteiger partial charge on any atom is -0.411 e. The van der Waals surface area contributed by atoms with E-state index in [4.69, 9.17) is 27.6 Å². The molecule has 0 fully saturated rings. The van der Waals surface area contributed by atoms with Gasteiger partial charge in [0.05, 0.1) is 5.02 Å². The summed E-state index contributed by atoms with van der Waals surface area (Å²) in [6, 6.07) is 11.8. The van der Waals surface area contributed by atoms with Crippen molar-refractivity contribution in [2.45, 2.75) is 17.4 Å². The molecule has 0 aliphatic rings. The molecule has 0 saturated heterocycles. The first-order chi connectivity index (χ1) is 11.0. The number of thioether (sulfide) groups is 1. The Kier molecular flexibility index (Phi) is 4.90. The Labute approximate surface area is 146 Å². The molecule has 3 nitrogen and oxygen atoms in total. The van der Waals surface area contributed by atoms with Gasteiger partial charge in [0.2, 0.25) is 5.89 Å². The Balaban J connectivity index is 1.75. The summed E-state index contributed by atoms with van der Waals surface area (Å²) in [5.74, 6) is -0.0102. The van der Waals surface area contributed by atoms with Gasteiger partial charge >= 0.3 is 0 Å². The quantitative estimate of drug-likeness (QED) is 0.526. The summed E-state index contributed by atoms with van der Waals surface area (Å²) in [6.07, 6.45) is 0. The lowest BCUT2D eigenvalue weighted by atomic mass is 10.2. The van der Waals surface area contributed by atoms with Gasteiger partial charge in [-0.15, -0.1) is 10.2 Å². The standard InChI is InChI=1S/C16H11Cl2FN2OS/c1-9(11-4-7-14(19)13(18)8-11)23-16-21-20-15(22-16)10-2-5-12(17)6-3-10/h2-9H,1H3. The molecule has 0 bridgehead atoms. The highest BCUT2D eigenvalue weighted by Gasteiger charge is 2.15. The summed E-state index contributed by atoms with van der Waals surface area (Å²) >= 11 is 13.1. The van der Waals surface area contributed by atoms with Crippen LogP contribution in [0.3, 0.4) is 0 Å². The van der Waals surface area contributed by atoms with Crippen LogP contribution in [0.25, 0.3) is 11.5 Å². The third kappa shape index (κ3) is 3.86. The van der Waals surface area contributed by atoms with E-state index in [1.54, 1.807) is 24.3 Å². The summed E-state index contributed by atoms with van der Waals surface area (Å²) < 4.78 is 18.9. The maximum atomic E-state index is 13.2. The van der Waals surface area contributed by atoms with Crippen LogP contribution in [0.2, 0.25) is 10.0 Å². The summed E-state index contributed by atoms with van der Waals surface area (Å²) in [4.78, 5) is 0. The Hall–Kier alpha value is -1.56. The molecule has 0 spiro atoms. The van der Waals surface area contributed by atoms with Gasteiger partial charge in [0.15, 0.2) is 0 Å². The molecular weight excluding hydrogens is 358 g/mol. The lowest BCUT2D eigenvalue weighted by Gasteiger charge is -2.09. The molecular formula is C16H11Cl2FN2OS. The zero-order chi connectivity index (χ0) is 16.4. The molecule has 0 aliphatic carbocycles. The number of benzene rings is 2. The molecule has 23 heavy (non-hydrogen) atoms. The summed E-state index contributed by atoms with van der Waals surface area (Å²) in [5, 5.41) is 9.22. The number of nitrogens with zero attached hydrogens (tertiary/aromatic N) is 2. The second-order valence-corrected chi connectivity index (χ2v) is 6.95. The maximum absolute atomic E-state index is 13.2. The average Bonchev–Trinajstić information content (AvgIpc) is 2.99.